The van der Waals surface area contributed by atoms with Crippen LogP contribution in [0, 0.1) is 26.7 Å². The number of hydrogen-bond donors (Lipinski definition) is 0. The van der Waals surface area contributed by atoms with Gasteiger partial charge < -0.3 is 9.13 Å². The summed E-state index contributed by atoms with van der Waals surface area (Å²) in [4.78, 5) is 29.3. The molecule has 0 saturated heterocycles. The SMILES string of the molecule is Cc1cc(=O)n2ccn(CC(=O)c3cc(C)n(CCC(C)C)c3C)c2n1. The monoisotopic (exact) mass is 354 g/mol. The number of aromatic nitrogens is 4. The first-order chi connectivity index (χ1) is 12.3. The summed E-state index contributed by atoms with van der Waals surface area (Å²) in [6, 6.07) is 3.45. The van der Waals surface area contributed by atoms with Gasteiger partial charge in [-0.2, -0.15) is 0 Å². The van der Waals surface area contributed by atoms with Gasteiger partial charge in [0.15, 0.2) is 5.78 Å². The summed E-state index contributed by atoms with van der Waals surface area (Å²) in [5, 5.41) is 0. The van der Waals surface area contributed by atoms with E-state index in [9.17, 15) is 9.59 Å². The Morgan fingerprint density at radius 3 is 2.58 bits per heavy atom. The van der Waals surface area contributed by atoms with Gasteiger partial charge in [0.05, 0.1) is 6.54 Å². The molecular weight excluding hydrogens is 328 g/mol. The molecule has 0 N–H and O–H groups in total. The highest BCUT2D eigenvalue weighted by Gasteiger charge is 2.17. The molecule has 0 unspecified atom stereocenters. The van der Waals surface area contributed by atoms with Gasteiger partial charge in [0, 0.05) is 47.7 Å². The zero-order valence-electron chi connectivity index (χ0n) is 16.1. The van der Waals surface area contributed by atoms with E-state index in [1.807, 2.05) is 19.9 Å². The number of aryl methyl sites for hydroxylation is 2. The van der Waals surface area contributed by atoms with Crippen LogP contribution in [0.15, 0.2) is 29.3 Å². The predicted octanol–water partition coefficient (Wildman–Crippen LogP) is 3.15. The fourth-order valence-corrected chi connectivity index (χ4v) is 3.33. The maximum atomic E-state index is 12.9. The van der Waals surface area contributed by atoms with E-state index in [1.54, 1.807) is 23.9 Å². The molecule has 6 nitrogen and oxygen atoms in total. The normalized spacial score (nSPS) is 11.6. The van der Waals surface area contributed by atoms with Crippen LogP contribution in [-0.2, 0) is 13.1 Å². The molecule has 0 saturated carbocycles. The van der Waals surface area contributed by atoms with Gasteiger partial charge in [0.25, 0.3) is 5.56 Å². The molecule has 0 spiro atoms. The third-order valence-electron chi connectivity index (χ3n) is 4.83. The Morgan fingerprint density at radius 1 is 1.15 bits per heavy atom. The van der Waals surface area contributed by atoms with Crippen molar-refractivity contribution in [2.45, 2.75) is 54.1 Å². The number of carbonyl (C=O) groups is 1. The lowest BCUT2D eigenvalue weighted by atomic mass is 10.1. The second kappa shape index (κ2) is 6.94. The van der Waals surface area contributed by atoms with Gasteiger partial charge in [0.1, 0.15) is 0 Å². The van der Waals surface area contributed by atoms with Crippen molar-refractivity contribution in [3.8, 4) is 0 Å². The standard InChI is InChI=1S/C20H26N4O2/c1-13(2)6-7-23-15(4)11-17(16(23)5)18(25)12-22-8-9-24-19(26)10-14(3)21-20(22)24/h8-11,13H,6-7,12H2,1-5H3. The molecule has 0 fully saturated rings. The number of hydrogen-bond acceptors (Lipinski definition) is 3. The number of rotatable bonds is 6. The summed E-state index contributed by atoms with van der Waals surface area (Å²) in [6.45, 7) is 11.3. The van der Waals surface area contributed by atoms with E-state index in [4.69, 9.17) is 0 Å². The lowest BCUT2D eigenvalue weighted by Crippen LogP contribution is -2.16. The first-order valence-corrected chi connectivity index (χ1v) is 9.03. The maximum Gasteiger partial charge on any atom is 0.259 e. The van der Waals surface area contributed by atoms with Gasteiger partial charge in [-0.25, -0.2) is 4.98 Å². The van der Waals surface area contributed by atoms with Gasteiger partial charge in [-0.15, -0.1) is 0 Å². The molecule has 0 radical (unpaired) electrons. The number of fused-ring (bicyclic) bond motifs is 1. The molecule has 0 atom stereocenters. The number of ketones is 1. The lowest BCUT2D eigenvalue weighted by Gasteiger charge is -2.11. The summed E-state index contributed by atoms with van der Waals surface area (Å²) in [6.07, 6.45) is 4.47. The minimum atomic E-state index is -0.134. The first kappa shape index (κ1) is 18.2. The topological polar surface area (TPSA) is 61.3 Å². The molecule has 0 bridgehead atoms. The van der Waals surface area contributed by atoms with Crippen LogP contribution in [0.3, 0.4) is 0 Å². The van der Waals surface area contributed by atoms with E-state index < -0.39 is 0 Å². The number of nitrogens with zero attached hydrogens (tertiary/aromatic N) is 4. The molecule has 3 aromatic rings. The Kier molecular flexibility index (Phi) is 4.85. The molecule has 0 amide bonds. The molecule has 0 aliphatic rings. The van der Waals surface area contributed by atoms with Crippen LogP contribution in [0.5, 0.6) is 0 Å². The van der Waals surface area contributed by atoms with Crippen LogP contribution in [-0.4, -0.2) is 24.3 Å². The molecule has 138 valence electrons. The van der Waals surface area contributed by atoms with Crippen LogP contribution in [0.1, 0.15) is 47.7 Å². The van der Waals surface area contributed by atoms with Crippen molar-refractivity contribution in [1.29, 1.82) is 0 Å². The fourth-order valence-electron chi connectivity index (χ4n) is 3.33. The van der Waals surface area contributed by atoms with E-state index in [0.29, 0.717) is 17.4 Å². The third kappa shape index (κ3) is 3.36. The van der Waals surface area contributed by atoms with E-state index >= 15 is 0 Å². The number of Topliss-reactive ketones (excluding diaryl/α,β-unsaturated/α-hetero) is 1. The van der Waals surface area contributed by atoms with Crippen LogP contribution in [0.2, 0.25) is 0 Å². The molecule has 0 aliphatic carbocycles. The highest BCUT2D eigenvalue weighted by Crippen LogP contribution is 2.18. The van der Waals surface area contributed by atoms with E-state index in [1.165, 1.54) is 10.5 Å². The molecule has 26 heavy (non-hydrogen) atoms. The van der Waals surface area contributed by atoms with Crippen molar-refractivity contribution >= 4 is 11.6 Å². The summed E-state index contributed by atoms with van der Waals surface area (Å²) in [5.41, 5.74) is 3.37. The van der Waals surface area contributed by atoms with Gasteiger partial charge in [-0.1, -0.05) is 13.8 Å². The number of carbonyl (C=O) groups excluding carboxylic acids is 1. The average Bonchev–Trinajstić information content (AvgIpc) is 3.07. The largest absolute Gasteiger partial charge is 0.348 e. The highest BCUT2D eigenvalue weighted by molar-refractivity contribution is 5.97. The Bertz CT molecular complexity index is 1020. The Balaban J connectivity index is 1.90. The number of imidazole rings is 1. The first-order valence-electron chi connectivity index (χ1n) is 9.03. The van der Waals surface area contributed by atoms with E-state index in [0.717, 1.165) is 29.9 Å². The Labute approximate surface area is 153 Å². The quantitative estimate of drug-likeness (QED) is 0.639. The molecule has 6 heteroatoms. The van der Waals surface area contributed by atoms with Crippen molar-refractivity contribution < 1.29 is 4.79 Å². The van der Waals surface area contributed by atoms with E-state index in [-0.39, 0.29) is 17.9 Å². The van der Waals surface area contributed by atoms with Gasteiger partial charge in [-0.3, -0.25) is 14.0 Å². The molecule has 3 heterocycles. The maximum absolute atomic E-state index is 12.9. The molecule has 3 aromatic heterocycles. The Hall–Kier alpha value is -2.63. The minimum Gasteiger partial charge on any atom is -0.348 e. The Morgan fingerprint density at radius 2 is 1.88 bits per heavy atom. The van der Waals surface area contributed by atoms with Gasteiger partial charge in [-0.05, 0) is 39.2 Å². The van der Waals surface area contributed by atoms with Gasteiger partial charge in [0.2, 0.25) is 5.78 Å². The zero-order valence-corrected chi connectivity index (χ0v) is 16.1. The minimum absolute atomic E-state index is 0.0303. The van der Waals surface area contributed by atoms with Crippen molar-refractivity contribution in [2.75, 3.05) is 0 Å². The second-order valence-corrected chi connectivity index (χ2v) is 7.37. The average molecular weight is 354 g/mol. The predicted molar refractivity (Wildman–Crippen MR) is 102 cm³/mol. The van der Waals surface area contributed by atoms with Crippen molar-refractivity contribution in [3.05, 3.63) is 57.5 Å². The lowest BCUT2D eigenvalue weighted by molar-refractivity contribution is 0.0972. The molecule has 0 aliphatic heterocycles. The van der Waals surface area contributed by atoms with Crippen molar-refractivity contribution in [2.24, 2.45) is 5.92 Å². The third-order valence-corrected chi connectivity index (χ3v) is 4.83. The molecule has 3 rings (SSSR count). The summed E-state index contributed by atoms with van der Waals surface area (Å²) >= 11 is 0. The van der Waals surface area contributed by atoms with Crippen molar-refractivity contribution in [1.82, 2.24) is 18.5 Å². The highest BCUT2D eigenvalue weighted by atomic mass is 16.1. The van der Waals surface area contributed by atoms with Crippen LogP contribution in [0.25, 0.3) is 5.78 Å². The fraction of sp³-hybridized carbons (Fsp3) is 0.450. The molecular formula is C20H26N4O2. The van der Waals surface area contributed by atoms with Crippen LogP contribution < -0.4 is 5.56 Å². The van der Waals surface area contributed by atoms with Gasteiger partial charge >= 0.3 is 0 Å². The summed E-state index contributed by atoms with van der Waals surface area (Å²) in [7, 11) is 0. The summed E-state index contributed by atoms with van der Waals surface area (Å²) < 4.78 is 5.41. The van der Waals surface area contributed by atoms with E-state index in [2.05, 4.69) is 23.4 Å². The zero-order chi connectivity index (χ0) is 19.0. The van der Waals surface area contributed by atoms with Crippen molar-refractivity contribution in [3.63, 3.8) is 0 Å². The smallest absolute Gasteiger partial charge is 0.259 e. The molecule has 0 aromatic carbocycles. The summed E-state index contributed by atoms with van der Waals surface area (Å²) in [5.74, 6) is 1.15. The van der Waals surface area contributed by atoms with Crippen LogP contribution in [0.4, 0.5) is 0 Å². The van der Waals surface area contributed by atoms with Crippen LogP contribution >= 0.6 is 0 Å². The second-order valence-electron chi connectivity index (χ2n) is 7.37.